The molecular formula is C13H8ClN3O3. The summed E-state index contributed by atoms with van der Waals surface area (Å²) in [5.41, 5.74) is 1.81. The molecule has 0 radical (unpaired) electrons. The fourth-order valence-electron chi connectivity index (χ4n) is 1.78. The lowest BCUT2D eigenvalue weighted by molar-refractivity contribution is 0.0652. The van der Waals surface area contributed by atoms with Gasteiger partial charge in [-0.05, 0) is 18.2 Å². The Balaban J connectivity index is 1.99. The van der Waals surface area contributed by atoms with Gasteiger partial charge in [-0.1, -0.05) is 22.8 Å². The van der Waals surface area contributed by atoms with Crippen LogP contribution in [0.4, 0.5) is 0 Å². The van der Waals surface area contributed by atoms with Crippen LogP contribution in [0.15, 0.2) is 47.2 Å². The minimum Gasteiger partial charge on any atom is -0.475 e. The lowest BCUT2D eigenvalue weighted by Gasteiger charge is -2.05. The molecular weight excluding hydrogens is 282 g/mol. The highest BCUT2D eigenvalue weighted by atomic mass is 35.5. The van der Waals surface area contributed by atoms with Crippen LogP contribution in [0.3, 0.4) is 0 Å². The number of halogens is 1. The summed E-state index contributed by atoms with van der Waals surface area (Å²) in [6.45, 7) is 0. The van der Waals surface area contributed by atoms with Crippen molar-refractivity contribution in [2.45, 2.75) is 0 Å². The molecule has 0 aliphatic carbocycles. The third-order valence-electron chi connectivity index (χ3n) is 2.72. The molecule has 3 rings (SSSR count). The minimum absolute atomic E-state index is 0.215. The molecule has 0 bridgehead atoms. The van der Waals surface area contributed by atoms with Crippen molar-refractivity contribution in [1.82, 2.24) is 14.9 Å². The highest BCUT2D eigenvalue weighted by molar-refractivity contribution is 6.32. The van der Waals surface area contributed by atoms with Gasteiger partial charge in [0.1, 0.15) is 5.69 Å². The van der Waals surface area contributed by atoms with Crippen LogP contribution in [0.2, 0.25) is 5.02 Å². The Labute approximate surface area is 118 Å². The summed E-state index contributed by atoms with van der Waals surface area (Å²) in [6, 6.07) is 8.37. The van der Waals surface area contributed by atoms with Gasteiger partial charge in [0, 0.05) is 24.0 Å². The fraction of sp³-hybridized carbons (Fsp3) is 0. The normalized spacial score (nSPS) is 10.7. The average Bonchev–Trinajstić information content (AvgIpc) is 3.10. The molecule has 6 nitrogen and oxygen atoms in total. The summed E-state index contributed by atoms with van der Waals surface area (Å²) < 4.78 is 6.35. The molecule has 1 N–H and O–H groups in total. The van der Waals surface area contributed by atoms with Crippen molar-refractivity contribution in [3.8, 4) is 16.9 Å². The number of carbonyl (C=O) groups is 1. The monoisotopic (exact) mass is 289 g/mol. The van der Waals surface area contributed by atoms with Crippen molar-refractivity contribution < 1.29 is 14.4 Å². The van der Waals surface area contributed by atoms with E-state index in [2.05, 4.69) is 10.3 Å². The second-order valence-corrected chi connectivity index (χ2v) is 4.41. The number of hydrogen-bond donors (Lipinski definition) is 1. The summed E-state index contributed by atoms with van der Waals surface area (Å²) in [4.78, 5) is 10.8. The lowest BCUT2D eigenvalue weighted by atomic mass is 10.1. The topological polar surface area (TPSA) is 81.1 Å². The molecule has 0 aliphatic heterocycles. The Kier molecular flexibility index (Phi) is 3.00. The van der Waals surface area contributed by atoms with Gasteiger partial charge in [0.25, 0.3) is 0 Å². The molecule has 0 unspecified atom stereocenters. The first-order valence-corrected chi connectivity index (χ1v) is 6.03. The number of aromatic carboxylic acids is 1. The molecule has 0 aliphatic rings. The van der Waals surface area contributed by atoms with Gasteiger partial charge < -0.3 is 9.63 Å². The molecule has 2 aromatic heterocycles. The van der Waals surface area contributed by atoms with Gasteiger partial charge in [0.15, 0.2) is 0 Å². The van der Waals surface area contributed by atoms with E-state index in [9.17, 15) is 4.79 Å². The van der Waals surface area contributed by atoms with Gasteiger partial charge in [0.05, 0.1) is 10.7 Å². The van der Waals surface area contributed by atoms with E-state index >= 15 is 0 Å². The van der Waals surface area contributed by atoms with E-state index in [4.69, 9.17) is 21.2 Å². The summed E-state index contributed by atoms with van der Waals surface area (Å²) in [5.74, 6) is -1.38. The van der Waals surface area contributed by atoms with Crippen LogP contribution >= 0.6 is 11.6 Å². The highest BCUT2D eigenvalue weighted by Gasteiger charge is 2.13. The van der Waals surface area contributed by atoms with Crippen molar-refractivity contribution >= 4 is 17.6 Å². The maximum atomic E-state index is 10.8. The summed E-state index contributed by atoms with van der Waals surface area (Å²) >= 11 is 6.20. The van der Waals surface area contributed by atoms with Gasteiger partial charge in [-0.2, -0.15) is 5.10 Å². The Morgan fingerprint density at radius 3 is 2.80 bits per heavy atom. The summed E-state index contributed by atoms with van der Waals surface area (Å²) in [7, 11) is 0. The SMILES string of the molecule is O=C(O)c1cc(-c2ccc(-n3cccn3)c(Cl)c2)no1. The molecule has 0 saturated heterocycles. The fourth-order valence-corrected chi connectivity index (χ4v) is 2.04. The molecule has 0 amide bonds. The second-order valence-electron chi connectivity index (χ2n) is 4.00. The van der Waals surface area contributed by atoms with Crippen molar-refractivity contribution in [2.75, 3.05) is 0 Å². The van der Waals surface area contributed by atoms with Gasteiger partial charge >= 0.3 is 5.97 Å². The first-order chi connectivity index (χ1) is 9.65. The van der Waals surface area contributed by atoms with E-state index < -0.39 is 5.97 Å². The van der Waals surface area contributed by atoms with E-state index in [1.165, 1.54) is 6.07 Å². The number of hydrogen-bond acceptors (Lipinski definition) is 4. The van der Waals surface area contributed by atoms with Crippen LogP contribution < -0.4 is 0 Å². The minimum atomic E-state index is -1.16. The lowest BCUT2D eigenvalue weighted by Crippen LogP contribution is -1.95. The maximum absolute atomic E-state index is 10.8. The quantitative estimate of drug-likeness (QED) is 0.802. The molecule has 1 aromatic carbocycles. The maximum Gasteiger partial charge on any atom is 0.374 e. The van der Waals surface area contributed by atoms with Gasteiger partial charge in [-0.25, -0.2) is 9.48 Å². The molecule has 7 heteroatoms. The first-order valence-electron chi connectivity index (χ1n) is 5.65. The number of rotatable bonds is 3. The Hall–Kier alpha value is -2.60. The molecule has 3 aromatic rings. The van der Waals surface area contributed by atoms with Crippen LogP contribution in [-0.4, -0.2) is 26.0 Å². The molecule has 20 heavy (non-hydrogen) atoms. The number of carboxylic acids is 1. The Morgan fingerprint density at radius 1 is 1.35 bits per heavy atom. The Bertz CT molecular complexity index is 765. The number of benzene rings is 1. The van der Waals surface area contributed by atoms with Crippen molar-refractivity contribution in [3.63, 3.8) is 0 Å². The smallest absolute Gasteiger partial charge is 0.374 e. The molecule has 0 fully saturated rings. The molecule has 2 heterocycles. The van der Waals surface area contributed by atoms with Crippen LogP contribution in [0.25, 0.3) is 16.9 Å². The van der Waals surface area contributed by atoms with Gasteiger partial charge in [0.2, 0.25) is 5.76 Å². The molecule has 0 atom stereocenters. The van der Waals surface area contributed by atoms with Crippen molar-refractivity contribution in [2.24, 2.45) is 0 Å². The number of aromatic nitrogens is 3. The van der Waals surface area contributed by atoms with Crippen molar-refractivity contribution in [1.29, 1.82) is 0 Å². The predicted octanol–water partition coefficient (Wildman–Crippen LogP) is 2.88. The molecule has 0 saturated carbocycles. The van der Waals surface area contributed by atoms with E-state index in [0.29, 0.717) is 16.3 Å². The van der Waals surface area contributed by atoms with E-state index in [-0.39, 0.29) is 5.76 Å². The van der Waals surface area contributed by atoms with E-state index in [1.54, 1.807) is 41.3 Å². The van der Waals surface area contributed by atoms with E-state index in [1.807, 2.05) is 0 Å². The zero-order chi connectivity index (χ0) is 14.1. The van der Waals surface area contributed by atoms with Crippen molar-refractivity contribution in [3.05, 3.63) is 53.5 Å². The zero-order valence-corrected chi connectivity index (χ0v) is 10.8. The first kappa shape index (κ1) is 12.4. The highest BCUT2D eigenvalue weighted by Crippen LogP contribution is 2.27. The van der Waals surface area contributed by atoms with E-state index in [0.717, 1.165) is 5.69 Å². The number of nitrogens with zero attached hydrogens (tertiary/aromatic N) is 3. The van der Waals surface area contributed by atoms with Crippen LogP contribution in [-0.2, 0) is 0 Å². The Morgan fingerprint density at radius 2 is 2.20 bits per heavy atom. The average molecular weight is 290 g/mol. The second kappa shape index (κ2) is 4.82. The predicted molar refractivity (Wildman–Crippen MR) is 71.0 cm³/mol. The van der Waals surface area contributed by atoms with Gasteiger partial charge in [-0.3, -0.25) is 0 Å². The molecule has 0 spiro atoms. The summed E-state index contributed by atoms with van der Waals surface area (Å²) in [6.07, 6.45) is 3.43. The number of carboxylic acid groups (broad SMARTS) is 1. The molecule has 100 valence electrons. The van der Waals surface area contributed by atoms with Crippen LogP contribution in [0.5, 0.6) is 0 Å². The third kappa shape index (κ3) is 2.17. The van der Waals surface area contributed by atoms with Gasteiger partial charge in [-0.15, -0.1) is 0 Å². The largest absolute Gasteiger partial charge is 0.475 e. The standard InChI is InChI=1S/C13H8ClN3O3/c14-9-6-8(10-7-12(13(18)19)20-16-10)2-3-11(9)17-5-1-4-15-17/h1-7H,(H,18,19). The van der Waals surface area contributed by atoms with Crippen LogP contribution in [0, 0.1) is 0 Å². The third-order valence-corrected chi connectivity index (χ3v) is 3.02. The van der Waals surface area contributed by atoms with Crippen LogP contribution in [0.1, 0.15) is 10.6 Å². The zero-order valence-electron chi connectivity index (χ0n) is 10.0. The summed E-state index contributed by atoms with van der Waals surface area (Å²) in [5, 5.41) is 17.1.